The minimum Gasteiger partial charge on any atom is -0.343 e. The molecule has 1 heterocycles. The van der Waals surface area contributed by atoms with Crippen molar-refractivity contribution in [3.63, 3.8) is 0 Å². The van der Waals surface area contributed by atoms with Crippen LogP contribution in [0.3, 0.4) is 0 Å². The summed E-state index contributed by atoms with van der Waals surface area (Å²) in [4.78, 5) is 26.1. The topological polar surface area (TPSA) is 49.4 Å². The van der Waals surface area contributed by atoms with Gasteiger partial charge in [0.1, 0.15) is 17.9 Å². The molecule has 1 saturated heterocycles. The average molecular weight is 378 g/mol. The predicted octanol–water partition coefficient (Wildman–Crippen LogP) is 3.12. The van der Waals surface area contributed by atoms with Crippen molar-refractivity contribution in [1.29, 1.82) is 0 Å². The SMILES string of the molecule is CC1NC(=O)C(C(C)C)N(c2c(Cl)cc(F)cc2Br)C1=O. The summed E-state index contributed by atoms with van der Waals surface area (Å²) in [6, 6.07) is 1.01. The number of nitrogens with zero attached hydrogens (tertiary/aromatic N) is 1. The molecule has 0 saturated carbocycles. The molecule has 1 N–H and O–H groups in total. The number of benzene rings is 1. The van der Waals surface area contributed by atoms with E-state index >= 15 is 0 Å². The maximum absolute atomic E-state index is 13.4. The van der Waals surface area contributed by atoms with Crippen LogP contribution >= 0.6 is 27.5 Å². The number of rotatable bonds is 2. The molecule has 114 valence electrons. The Morgan fingerprint density at radius 2 is 2.00 bits per heavy atom. The van der Waals surface area contributed by atoms with Crippen LogP contribution in [0.25, 0.3) is 0 Å². The van der Waals surface area contributed by atoms with Gasteiger partial charge < -0.3 is 5.32 Å². The summed E-state index contributed by atoms with van der Waals surface area (Å²) in [5.41, 5.74) is 0.323. The largest absolute Gasteiger partial charge is 0.343 e. The number of halogens is 3. The van der Waals surface area contributed by atoms with E-state index in [1.165, 1.54) is 11.0 Å². The normalized spacial score (nSPS) is 22.7. The molecular weight excluding hydrogens is 363 g/mol. The molecule has 0 radical (unpaired) electrons. The van der Waals surface area contributed by atoms with Gasteiger partial charge in [0.05, 0.1) is 10.7 Å². The third kappa shape index (κ3) is 2.92. The van der Waals surface area contributed by atoms with Gasteiger partial charge in [-0.15, -0.1) is 0 Å². The zero-order valence-electron chi connectivity index (χ0n) is 11.8. The second-order valence-corrected chi connectivity index (χ2v) is 6.61. The molecule has 21 heavy (non-hydrogen) atoms. The minimum absolute atomic E-state index is 0.0859. The van der Waals surface area contributed by atoms with Crippen molar-refractivity contribution in [2.75, 3.05) is 4.90 Å². The van der Waals surface area contributed by atoms with Crippen LogP contribution in [0.4, 0.5) is 10.1 Å². The van der Waals surface area contributed by atoms with Crippen LogP contribution in [0.15, 0.2) is 16.6 Å². The molecule has 2 atom stereocenters. The van der Waals surface area contributed by atoms with Crippen LogP contribution in [-0.4, -0.2) is 23.9 Å². The van der Waals surface area contributed by atoms with E-state index in [1.54, 1.807) is 6.92 Å². The van der Waals surface area contributed by atoms with E-state index in [2.05, 4.69) is 21.2 Å². The summed E-state index contributed by atoms with van der Waals surface area (Å²) in [5, 5.41) is 2.73. The molecule has 7 heteroatoms. The van der Waals surface area contributed by atoms with Crippen LogP contribution in [0.5, 0.6) is 0 Å². The molecule has 1 fully saturated rings. The molecule has 2 unspecified atom stereocenters. The third-order valence-electron chi connectivity index (χ3n) is 3.37. The molecule has 1 aromatic carbocycles. The van der Waals surface area contributed by atoms with Crippen molar-refractivity contribution in [3.8, 4) is 0 Å². The van der Waals surface area contributed by atoms with Gasteiger partial charge in [0.15, 0.2) is 0 Å². The van der Waals surface area contributed by atoms with Gasteiger partial charge >= 0.3 is 0 Å². The van der Waals surface area contributed by atoms with Gasteiger partial charge in [-0.05, 0) is 40.9 Å². The molecule has 1 aromatic rings. The van der Waals surface area contributed by atoms with Gasteiger partial charge in [-0.3, -0.25) is 14.5 Å². The molecule has 2 amide bonds. The highest BCUT2D eigenvalue weighted by Crippen LogP contribution is 2.38. The molecule has 0 aliphatic carbocycles. The minimum atomic E-state index is -0.687. The van der Waals surface area contributed by atoms with E-state index in [-0.39, 0.29) is 22.8 Å². The van der Waals surface area contributed by atoms with Gasteiger partial charge in [-0.1, -0.05) is 25.4 Å². The fourth-order valence-electron chi connectivity index (χ4n) is 2.44. The number of hydrogen-bond acceptors (Lipinski definition) is 2. The lowest BCUT2D eigenvalue weighted by atomic mass is 9.96. The molecule has 2 rings (SSSR count). The first-order valence-electron chi connectivity index (χ1n) is 6.52. The first kappa shape index (κ1) is 16.2. The Labute approximate surface area is 135 Å². The van der Waals surface area contributed by atoms with Crippen LogP contribution in [0.2, 0.25) is 5.02 Å². The molecule has 4 nitrogen and oxygen atoms in total. The van der Waals surface area contributed by atoms with E-state index in [9.17, 15) is 14.0 Å². The second-order valence-electron chi connectivity index (χ2n) is 5.35. The van der Waals surface area contributed by atoms with Crippen LogP contribution in [0.1, 0.15) is 20.8 Å². The maximum Gasteiger partial charge on any atom is 0.250 e. The van der Waals surface area contributed by atoms with Crippen molar-refractivity contribution in [1.82, 2.24) is 5.32 Å². The van der Waals surface area contributed by atoms with E-state index in [1.807, 2.05) is 13.8 Å². The van der Waals surface area contributed by atoms with Crippen molar-refractivity contribution in [2.45, 2.75) is 32.9 Å². The van der Waals surface area contributed by atoms with Crippen LogP contribution < -0.4 is 10.2 Å². The Morgan fingerprint density at radius 1 is 1.38 bits per heavy atom. The standard InChI is InChI=1S/C14H15BrClFN2O2/c1-6(2)11-13(20)18-7(3)14(21)19(11)12-9(15)4-8(17)5-10(12)16/h4-7,11H,1-3H3,(H,18,20). The molecule has 1 aliphatic heterocycles. The third-order valence-corrected chi connectivity index (χ3v) is 4.26. The van der Waals surface area contributed by atoms with Gasteiger partial charge in [-0.25, -0.2) is 4.39 Å². The molecule has 0 bridgehead atoms. The predicted molar refractivity (Wildman–Crippen MR) is 82.8 cm³/mol. The highest BCUT2D eigenvalue weighted by atomic mass is 79.9. The Balaban J connectivity index is 2.61. The fraction of sp³-hybridized carbons (Fsp3) is 0.429. The number of carbonyl (C=O) groups is 2. The van der Waals surface area contributed by atoms with E-state index in [0.29, 0.717) is 10.2 Å². The first-order chi connectivity index (χ1) is 9.73. The Bertz CT molecular complexity index is 586. The average Bonchev–Trinajstić information content (AvgIpc) is 2.33. The number of hydrogen-bond donors (Lipinski definition) is 1. The Kier molecular flexibility index (Phi) is 4.58. The summed E-state index contributed by atoms with van der Waals surface area (Å²) in [5.74, 6) is -1.15. The Morgan fingerprint density at radius 3 is 2.52 bits per heavy atom. The zero-order chi connectivity index (χ0) is 15.9. The van der Waals surface area contributed by atoms with Crippen molar-refractivity contribution in [3.05, 3.63) is 27.4 Å². The summed E-state index contributed by atoms with van der Waals surface area (Å²) in [7, 11) is 0. The van der Waals surface area contributed by atoms with Gasteiger partial charge in [0, 0.05) is 4.47 Å². The van der Waals surface area contributed by atoms with Crippen molar-refractivity contribution < 1.29 is 14.0 Å². The van der Waals surface area contributed by atoms with Gasteiger partial charge in [-0.2, -0.15) is 0 Å². The van der Waals surface area contributed by atoms with Crippen molar-refractivity contribution >= 4 is 45.0 Å². The van der Waals surface area contributed by atoms with Gasteiger partial charge in [0.2, 0.25) is 11.8 Å². The van der Waals surface area contributed by atoms with E-state index in [4.69, 9.17) is 11.6 Å². The molecule has 0 spiro atoms. The highest BCUT2D eigenvalue weighted by Gasteiger charge is 2.42. The number of anilines is 1. The van der Waals surface area contributed by atoms with Crippen LogP contribution in [-0.2, 0) is 9.59 Å². The smallest absolute Gasteiger partial charge is 0.250 e. The maximum atomic E-state index is 13.4. The lowest BCUT2D eigenvalue weighted by Crippen LogP contribution is -2.64. The summed E-state index contributed by atoms with van der Waals surface area (Å²) < 4.78 is 13.7. The molecular formula is C14H15BrClFN2O2. The first-order valence-corrected chi connectivity index (χ1v) is 7.69. The highest BCUT2D eigenvalue weighted by molar-refractivity contribution is 9.10. The van der Waals surface area contributed by atoms with Crippen LogP contribution in [0, 0.1) is 11.7 Å². The second kappa shape index (κ2) is 5.93. The lowest BCUT2D eigenvalue weighted by Gasteiger charge is -2.40. The van der Waals surface area contributed by atoms with Crippen molar-refractivity contribution in [2.24, 2.45) is 5.92 Å². The lowest BCUT2D eigenvalue weighted by molar-refractivity contribution is -0.134. The monoisotopic (exact) mass is 376 g/mol. The van der Waals surface area contributed by atoms with Gasteiger partial charge in [0.25, 0.3) is 0 Å². The number of nitrogens with one attached hydrogen (secondary N) is 1. The Hall–Kier alpha value is -1.14. The summed E-state index contributed by atoms with van der Waals surface area (Å²) in [6.45, 7) is 5.28. The quantitative estimate of drug-likeness (QED) is 0.861. The van der Waals surface area contributed by atoms with E-state index in [0.717, 1.165) is 6.07 Å². The molecule has 0 aromatic heterocycles. The molecule has 1 aliphatic rings. The summed E-state index contributed by atoms with van der Waals surface area (Å²) in [6.07, 6.45) is 0. The number of amides is 2. The van der Waals surface area contributed by atoms with E-state index < -0.39 is 17.9 Å². The number of carbonyl (C=O) groups excluding carboxylic acids is 2. The summed E-state index contributed by atoms with van der Waals surface area (Å²) >= 11 is 9.33. The number of piperazine rings is 1. The fourth-order valence-corrected chi connectivity index (χ4v) is 3.47. The zero-order valence-corrected chi connectivity index (χ0v) is 14.1.